The fourth-order valence-electron chi connectivity index (χ4n) is 1.69. The van der Waals surface area contributed by atoms with Crippen LogP contribution < -0.4 is 11.5 Å². The van der Waals surface area contributed by atoms with Crippen LogP contribution in [-0.2, 0) is 4.79 Å². The molecule has 0 aromatic heterocycles. The number of primary amides is 1. The molecule has 4 heteroatoms. The standard InChI is InChI=1S/C8H15N3O/c9-7(10)5-1-3-6(4-2-5)8(11)12/h5-6H,1-4H2,(H3,9,10)(H2,11,12). The first-order chi connectivity index (χ1) is 5.61. The first kappa shape index (κ1) is 9.03. The van der Waals surface area contributed by atoms with Gasteiger partial charge in [0.05, 0.1) is 5.84 Å². The van der Waals surface area contributed by atoms with Crippen molar-refractivity contribution in [2.45, 2.75) is 25.7 Å². The van der Waals surface area contributed by atoms with Crippen molar-refractivity contribution in [2.24, 2.45) is 23.3 Å². The molecule has 4 nitrogen and oxygen atoms in total. The first-order valence-electron chi connectivity index (χ1n) is 4.24. The number of rotatable bonds is 2. The molecule has 0 bridgehead atoms. The predicted molar refractivity (Wildman–Crippen MR) is 46.6 cm³/mol. The molecule has 1 rings (SSSR count). The molecule has 5 N–H and O–H groups in total. The fraction of sp³-hybridized carbons (Fsp3) is 0.750. The van der Waals surface area contributed by atoms with E-state index in [0.717, 1.165) is 25.7 Å². The Bertz CT molecular complexity index is 172. The topological polar surface area (TPSA) is 93.0 Å². The van der Waals surface area contributed by atoms with Gasteiger partial charge in [0.25, 0.3) is 0 Å². The van der Waals surface area contributed by atoms with E-state index >= 15 is 0 Å². The summed E-state index contributed by atoms with van der Waals surface area (Å²) >= 11 is 0. The highest BCUT2D eigenvalue weighted by molar-refractivity contribution is 5.80. The molecule has 0 aromatic carbocycles. The van der Waals surface area contributed by atoms with Gasteiger partial charge in [-0.1, -0.05) is 0 Å². The van der Waals surface area contributed by atoms with Crippen LogP contribution in [0.3, 0.4) is 0 Å². The van der Waals surface area contributed by atoms with Crippen LogP contribution in [0, 0.1) is 17.2 Å². The van der Waals surface area contributed by atoms with Gasteiger partial charge in [0.15, 0.2) is 0 Å². The van der Waals surface area contributed by atoms with E-state index in [4.69, 9.17) is 16.9 Å². The van der Waals surface area contributed by atoms with Gasteiger partial charge in [0, 0.05) is 11.8 Å². The summed E-state index contributed by atoms with van der Waals surface area (Å²) in [5.74, 6) is 0.233. The number of amidine groups is 1. The van der Waals surface area contributed by atoms with Crippen LogP contribution in [0.4, 0.5) is 0 Å². The van der Waals surface area contributed by atoms with Crippen LogP contribution in [0.5, 0.6) is 0 Å². The maximum Gasteiger partial charge on any atom is 0.220 e. The Labute approximate surface area is 71.8 Å². The van der Waals surface area contributed by atoms with E-state index in [1.54, 1.807) is 0 Å². The number of carbonyl (C=O) groups excluding carboxylic acids is 1. The molecule has 0 saturated heterocycles. The maximum atomic E-state index is 10.8. The monoisotopic (exact) mass is 169 g/mol. The van der Waals surface area contributed by atoms with Gasteiger partial charge in [-0.25, -0.2) is 0 Å². The summed E-state index contributed by atoms with van der Waals surface area (Å²) in [4.78, 5) is 10.8. The van der Waals surface area contributed by atoms with Gasteiger partial charge in [0.2, 0.25) is 5.91 Å². The van der Waals surface area contributed by atoms with Gasteiger partial charge >= 0.3 is 0 Å². The molecule has 0 aromatic rings. The fourth-order valence-corrected chi connectivity index (χ4v) is 1.69. The lowest BCUT2D eigenvalue weighted by Crippen LogP contribution is -2.32. The molecule has 1 fully saturated rings. The molecule has 0 atom stereocenters. The molecule has 1 amide bonds. The second kappa shape index (κ2) is 3.56. The van der Waals surface area contributed by atoms with E-state index in [1.807, 2.05) is 0 Å². The first-order valence-corrected chi connectivity index (χ1v) is 4.24. The van der Waals surface area contributed by atoms with Crippen molar-refractivity contribution in [3.8, 4) is 0 Å². The van der Waals surface area contributed by atoms with Gasteiger partial charge in [-0.3, -0.25) is 10.2 Å². The summed E-state index contributed by atoms with van der Waals surface area (Å²) in [5, 5.41) is 7.22. The Morgan fingerprint density at radius 2 is 1.50 bits per heavy atom. The summed E-state index contributed by atoms with van der Waals surface area (Å²) in [6.07, 6.45) is 3.26. The molecule has 12 heavy (non-hydrogen) atoms. The summed E-state index contributed by atoms with van der Waals surface area (Å²) in [7, 11) is 0. The van der Waals surface area contributed by atoms with E-state index in [-0.39, 0.29) is 23.6 Å². The molecular formula is C8H15N3O. The van der Waals surface area contributed by atoms with Crippen molar-refractivity contribution < 1.29 is 4.79 Å². The van der Waals surface area contributed by atoms with Crippen molar-refractivity contribution in [1.29, 1.82) is 5.41 Å². The molecule has 0 heterocycles. The second-order valence-electron chi connectivity index (χ2n) is 3.41. The van der Waals surface area contributed by atoms with Crippen LogP contribution in [0.15, 0.2) is 0 Å². The van der Waals surface area contributed by atoms with Crippen LogP contribution >= 0.6 is 0 Å². The van der Waals surface area contributed by atoms with Crippen LogP contribution in [-0.4, -0.2) is 11.7 Å². The third kappa shape index (κ3) is 1.96. The van der Waals surface area contributed by atoms with E-state index in [1.165, 1.54) is 0 Å². The van der Waals surface area contributed by atoms with Crippen LogP contribution in [0.1, 0.15) is 25.7 Å². The second-order valence-corrected chi connectivity index (χ2v) is 3.41. The number of nitrogens with one attached hydrogen (secondary N) is 1. The van der Waals surface area contributed by atoms with Crippen molar-refractivity contribution in [1.82, 2.24) is 0 Å². The molecule has 1 aliphatic carbocycles. The molecule has 0 spiro atoms. The minimum atomic E-state index is -0.211. The Morgan fingerprint density at radius 1 is 1.08 bits per heavy atom. The van der Waals surface area contributed by atoms with E-state index in [2.05, 4.69) is 0 Å². The molecule has 0 unspecified atom stereocenters. The summed E-state index contributed by atoms with van der Waals surface area (Å²) in [6.45, 7) is 0. The van der Waals surface area contributed by atoms with Crippen LogP contribution in [0.2, 0.25) is 0 Å². The van der Waals surface area contributed by atoms with Gasteiger partial charge < -0.3 is 11.5 Å². The third-order valence-corrected chi connectivity index (χ3v) is 2.57. The molecule has 0 radical (unpaired) electrons. The number of hydrogen-bond donors (Lipinski definition) is 3. The Kier molecular flexibility index (Phi) is 2.68. The lowest BCUT2D eigenvalue weighted by atomic mass is 9.81. The van der Waals surface area contributed by atoms with E-state index < -0.39 is 0 Å². The molecule has 68 valence electrons. The average molecular weight is 169 g/mol. The van der Waals surface area contributed by atoms with Gasteiger partial charge in [-0.2, -0.15) is 0 Å². The average Bonchev–Trinajstić information content (AvgIpc) is 2.04. The zero-order chi connectivity index (χ0) is 9.14. The Hall–Kier alpha value is -1.06. The minimum Gasteiger partial charge on any atom is -0.387 e. The number of nitrogens with two attached hydrogens (primary N) is 2. The van der Waals surface area contributed by atoms with Crippen LogP contribution in [0.25, 0.3) is 0 Å². The zero-order valence-electron chi connectivity index (χ0n) is 7.05. The predicted octanol–water partition coefficient (Wildman–Crippen LogP) is 0.214. The lowest BCUT2D eigenvalue weighted by Gasteiger charge is -2.25. The van der Waals surface area contributed by atoms with Crippen molar-refractivity contribution in [2.75, 3.05) is 0 Å². The van der Waals surface area contributed by atoms with Gasteiger partial charge in [-0.05, 0) is 25.7 Å². The van der Waals surface area contributed by atoms with Crippen molar-refractivity contribution >= 4 is 11.7 Å². The summed E-state index contributed by atoms with van der Waals surface area (Å²) < 4.78 is 0. The summed E-state index contributed by atoms with van der Waals surface area (Å²) in [5.41, 5.74) is 10.5. The minimum absolute atomic E-state index is 0.0144. The number of amides is 1. The maximum absolute atomic E-state index is 10.8. The quantitative estimate of drug-likeness (QED) is 0.407. The highest BCUT2D eigenvalue weighted by Crippen LogP contribution is 2.28. The zero-order valence-corrected chi connectivity index (χ0v) is 7.05. The third-order valence-electron chi connectivity index (χ3n) is 2.57. The van der Waals surface area contributed by atoms with Crippen molar-refractivity contribution in [3.05, 3.63) is 0 Å². The Morgan fingerprint density at radius 3 is 1.83 bits per heavy atom. The number of hydrogen-bond acceptors (Lipinski definition) is 2. The summed E-state index contributed by atoms with van der Waals surface area (Å²) in [6, 6.07) is 0. The van der Waals surface area contributed by atoms with Crippen molar-refractivity contribution in [3.63, 3.8) is 0 Å². The van der Waals surface area contributed by atoms with Gasteiger partial charge in [0.1, 0.15) is 0 Å². The molecular weight excluding hydrogens is 154 g/mol. The largest absolute Gasteiger partial charge is 0.387 e. The van der Waals surface area contributed by atoms with E-state index in [0.29, 0.717) is 0 Å². The molecule has 0 aliphatic heterocycles. The van der Waals surface area contributed by atoms with Gasteiger partial charge in [-0.15, -0.1) is 0 Å². The van der Waals surface area contributed by atoms with E-state index in [9.17, 15) is 4.79 Å². The SMILES string of the molecule is N=C(N)C1CCC(C(N)=O)CC1. The highest BCUT2D eigenvalue weighted by atomic mass is 16.1. The smallest absolute Gasteiger partial charge is 0.220 e. The molecule has 1 saturated carbocycles. The highest BCUT2D eigenvalue weighted by Gasteiger charge is 2.25. The lowest BCUT2D eigenvalue weighted by molar-refractivity contribution is -0.122. The normalized spacial score (nSPS) is 29.7. The Balaban J connectivity index is 2.39. The molecule has 1 aliphatic rings. The number of carbonyl (C=O) groups is 1.